The van der Waals surface area contributed by atoms with E-state index in [1.165, 1.54) is 6.07 Å². The number of halogens is 1. The SMILES string of the molecule is CCNC(Cc1ccc(O)cc1)c1cccc(F)c1. The van der Waals surface area contributed by atoms with Gasteiger partial charge >= 0.3 is 0 Å². The Kier molecular flexibility index (Phi) is 4.53. The van der Waals surface area contributed by atoms with Gasteiger partial charge < -0.3 is 10.4 Å². The zero-order valence-electron chi connectivity index (χ0n) is 10.9. The molecule has 2 aromatic rings. The van der Waals surface area contributed by atoms with Gasteiger partial charge in [0.2, 0.25) is 0 Å². The van der Waals surface area contributed by atoms with Crippen LogP contribution < -0.4 is 5.32 Å². The first kappa shape index (κ1) is 13.6. The molecule has 0 spiro atoms. The topological polar surface area (TPSA) is 32.3 Å². The molecule has 0 saturated heterocycles. The van der Waals surface area contributed by atoms with Gasteiger partial charge in [-0.1, -0.05) is 31.2 Å². The smallest absolute Gasteiger partial charge is 0.123 e. The van der Waals surface area contributed by atoms with E-state index in [1.54, 1.807) is 24.3 Å². The highest BCUT2D eigenvalue weighted by Crippen LogP contribution is 2.20. The second-order valence-corrected chi connectivity index (χ2v) is 4.54. The number of hydrogen-bond donors (Lipinski definition) is 2. The molecule has 0 radical (unpaired) electrons. The third-order valence-electron chi connectivity index (χ3n) is 3.08. The van der Waals surface area contributed by atoms with Crippen LogP contribution >= 0.6 is 0 Å². The van der Waals surface area contributed by atoms with Crippen LogP contribution in [0.5, 0.6) is 5.75 Å². The van der Waals surface area contributed by atoms with E-state index in [0.29, 0.717) is 0 Å². The molecule has 0 bridgehead atoms. The zero-order chi connectivity index (χ0) is 13.7. The Morgan fingerprint density at radius 1 is 1.16 bits per heavy atom. The molecule has 2 N–H and O–H groups in total. The summed E-state index contributed by atoms with van der Waals surface area (Å²) in [4.78, 5) is 0. The number of nitrogens with one attached hydrogen (secondary N) is 1. The highest BCUT2D eigenvalue weighted by molar-refractivity contribution is 5.28. The van der Waals surface area contributed by atoms with Crippen molar-refractivity contribution >= 4 is 0 Å². The molecule has 0 heterocycles. The molecule has 100 valence electrons. The summed E-state index contributed by atoms with van der Waals surface area (Å²) in [6.45, 7) is 2.85. The summed E-state index contributed by atoms with van der Waals surface area (Å²) in [5.74, 6) is 0.0422. The fraction of sp³-hybridized carbons (Fsp3) is 0.250. The van der Waals surface area contributed by atoms with Crippen LogP contribution in [-0.4, -0.2) is 11.7 Å². The van der Waals surface area contributed by atoms with Crippen molar-refractivity contribution in [3.63, 3.8) is 0 Å². The molecule has 1 unspecified atom stereocenters. The molecule has 0 aliphatic rings. The number of hydrogen-bond acceptors (Lipinski definition) is 2. The molecule has 0 aromatic heterocycles. The number of likely N-dealkylation sites (N-methyl/N-ethyl adjacent to an activating group) is 1. The van der Waals surface area contributed by atoms with Crippen LogP contribution in [0.3, 0.4) is 0 Å². The van der Waals surface area contributed by atoms with Gasteiger partial charge in [0.25, 0.3) is 0 Å². The first-order valence-electron chi connectivity index (χ1n) is 6.46. The Hall–Kier alpha value is -1.87. The van der Waals surface area contributed by atoms with E-state index in [-0.39, 0.29) is 17.6 Å². The summed E-state index contributed by atoms with van der Waals surface area (Å²) in [6.07, 6.45) is 0.761. The summed E-state index contributed by atoms with van der Waals surface area (Å²) in [5, 5.41) is 12.6. The molecule has 0 fully saturated rings. The van der Waals surface area contributed by atoms with Gasteiger partial charge in [0.15, 0.2) is 0 Å². The van der Waals surface area contributed by atoms with Crippen molar-refractivity contribution in [1.29, 1.82) is 0 Å². The predicted molar refractivity (Wildman–Crippen MR) is 74.6 cm³/mol. The molecule has 19 heavy (non-hydrogen) atoms. The van der Waals surface area contributed by atoms with Crippen LogP contribution in [0, 0.1) is 5.82 Å². The van der Waals surface area contributed by atoms with E-state index < -0.39 is 0 Å². The van der Waals surface area contributed by atoms with E-state index >= 15 is 0 Å². The van der Waals surface area contributed by atoms with Crippen LogP contribution in [0.4, 0.5) is 4.39 Å². The molecular weight excluding hydrogens is 241 g/mol. The fourth-order valence-electron chi connectivity index (χ4n) is 2.15. The molecule has 2 nitrogen and oxygen atoms in total. The van der Waals surface area contributed by atoms with Gasteiger partial charge in [-0.25, -0.2) is 4.39 Å². The van der Waals surface area contributed by atoms with E-state index in [9.17, 15) is 9.50 Å². The molecule has 0 aliphatic carbocycles. The monoisotopic (exact) mass is 259 g/mol. The van der Waals surface area contributed by atoms with Gasteiger partial charge in [0, 0.05) is 6.04 Å². The number of rotatable bonds is 5. The van der Waals surface area contributed by atoms with Crippen LogP contribution in [0.15, 0.2) is 48.5 Å². The molecular formula is C16H18FNO. The van der Waals surface area contributed by atoms with Crippen molar-refractivity contribution in [3.8, 4) is 5.75 Å². The van der Waals surface area contributed by atoms with E-state index in [4.69, 9.17) is 0 Å². The second-order valence-electron chi connectivity index (χ2n) is 4.54. The highest BCUT2D eigenvalue weighted by atomic mass is 19.1. The number of phenolic OH excluding ortho intramolecular Hbond substituents is 1. The molecule has 0 saturated carbocycles. The summed E-state index contributed by atoms with van der Waals surface area (Å²) < 4.78 is 13.3. The van der Waals surface area contributed by atoms with Crippen LogP contribution in [0.25, 0.3) is 0 Å². The lowest BCUT2D eigenvalue weighted by Crippen LogP contribution is -2.23. The van der Waals surface area contributed by atoms with Crippen molar-refractivity contribution in [2.75, 3.05) is 6.54 Å². The zero-order valence-corrected chi connectivity index (χ0v) is 10.9. The minimum absolute atomic E-state index is 0.0743. The first-order chi connectivity index (χ1) is 9.19. The van der Waals surface area contributed by atoms with E-state index in [2.05, 4.69) is 5.32 Å². The minimum atomic E-state index is -0.217. The van der Waals surface area contributed by atoms with Gasteiger partial charge in [-0.15, -0.1) is 0 Å². The largest absolute Gasteiger partial charge is 0.508 e. The maximum absolute atomic E-state index is 13.3. The molecule has 2 aromatic carbocycles. The average molecular weight is 259 g/mol. The lowest BCUT2D eigenvalue weighted by Gasteiger charge is -2.18. The maximum Gasteiger partial charge on any atom is 0.123 e. The third kappa shape index (κ3) is 3.80. The van der Waals surface area contributed by atoms with Crippen molar-refractivity contribution in [3.05, 3.63) is 65.5 Å². The fourth-order valence-corrected chi connectivity index (χ4v) is 2.15. The minimum Gasteiger partial charge on any atom is -0.508 e. The van der Waals surface area contributed by atoms with Crippen LogP contribution in [0.2, 0.25) is 0 Å². The first-order valence-corrected chi connectivity index (χ1v) is 6.46. The molecule has 1 atom stereocenters. The van der Waals surface area contributed by atoms with Gasteiger partial charge in [0.05, 0.1) is 0 Å². The van der Waals surface area contributed by atoms with Crippen LogP contribution in [0.1, 0.15) is 24.1 Å². The maximum atomic E-state index is 13.3. The van der Waals surface area contributed by atoms with Gasteiger partial charge in [-0.05, 0) is 48.4 Å². The summed E-state index contributed by atoms with van der Waals surface area (Å²) in [5.41, 5.74) is 2.04. The lowest BCUT2D eigenvalue weighted by atomic mass is 9.98. The summed E-state index contributed by atoms with van der Waals surface area (Å²) in [7, 11) is 0. The Balaban J connectivity index is 2.18. The molecule has 2 rings (SSSR count). The van der Waals surface area contributed by atoms with Gasteiger partial charge in [-0.2, -0.15) is 0 Å². The number of aromatic hydroxyl groups is 1. The van der Waals surface area contributed by atoms with Crippen molar-refractivity contribution in [2.24, 2.45) is 0 Å². The molecule has 3 heteroatoms. The normalized spacial score (nSPS) is 12.3. The Bertz CT molecular complexity index is 525. The number of phenols is 1. The average Bonchev–Trinajstić information content (AvgIpc) is 2.41. The third-order valence-corrected chi connectivity index (χ3v) is 3.08. The van der Waals surface area contributed by atoms with Gasteiger partial charge in [0.1, 0.15) is 11.6 Å². The Labute approximate surface area is 112 Å². The Morgan fingerprint density at radius 3 is 2.53 bits per heavy atom. The Morgan fingerprint density at radius 2 is 1.89 bits per heavy atom. The van der Waals surface area contributed by atoms with Crippen molar-refractivity contribution in [1.82, 2.24) is 5.32 Å². The molecule has 0 aliphatic heterocycles. The van der Waals surface area contributed by atoms with Crippen molar-refractivity contribution < 1.29 is 9.50 Å². The highest BCUT2D eigenvalue weighted by Gasteiger charge is 2.11. The molecule has 0 amide bonds. The quantitative estimate of drug-likeness (QED) is 0.862. The lowest BCUT2D eigenvalue weighted by molar-refractivity contribution is 0.474. The predicted octanol–water partition coefficient (Wildman–Crippen LogP) is 3.42. The van der Waals surface area contributed by atoms with Gasteiger partial charge in [-0.3, -0.25) is 0 Å². The van der Waals surface area contributed by atoms with Crippen molar-refractivity contribution in [2.45, 2.75) is 19.4 Å². The second kappa shape index (κ2) is 6.34. The van der Waals surface area contributed by atoms with E-state index in [1.807, 2.05) is 25.1 Å². The van der Waals surface area contributed by atoms with E-state index in [0.717, 1.165) is 24.1 Å². The summed E-state index contributed by atoms with van der Waals surface area (Å²) in [6, 6.07) is 13.9. The van der Waals surface area contributed by atoms with Crippen LogP contribution in [-0.2, 0) is 6.42 Å². The standard InChI is InChI=1S/C16H18FNO/c1-2-18-16(13-4-3-5-14(17)11-13)10-12-6-8-15(19)9-7-12/h3-9,11,16,18-19H,2,10H2,1H3. The summed E-state index contributed by atoms with van der Waals surface area (Å²) >= 11 is 0. The number of benzene rings is 2.